The summed E-state index contributed by atoms with van der Waals surface area (Å²) >= 11 is 6.11. The zero-order chi connectivity index (χ0) is 16.9. The van der Waals surface area contributed by atoms with E-state index in [9.17, 15) is 0 Å². The summed E-state index contributed by atoms with van der Waals surface area (Å²) in [5.74, 6) is 1.36. The number of aromatic nitrogens is 2. The second-order valence-corrected chi connectivity index (χ2v) is 6.63. The van der Waals surface area contributed by atoms with Crippen molar-refractivity contribution in [1.82, 2.24) is 14.9 Å². The zero-order valence-corrected chi connectivity index (χ0v) is 15.1. The molecule has 0 spiro atoms. The van der Waals surface area contributed by atoms with Gasteiger partial charge in [0.15, 0.2) is 11.5 Å². The van der Waals surface area contributed by atoms with E-state index in [1.54, 1.807) is 7.11 Å². The SMILES string of the molecule is COc1cc2c(Cl)ncnc2cc1OCCCN1CCCCC1C. The summed E-state index contributed by atoms with van der Waals surface area (Å²) in [7, 11) is 1.63. The maximum Gasteiger partial charge on any atom is 0.163 e. The Kier molecular flexibility index (Phi) is 5.74. The first-order valence-electron chi connectivity index (χ1n) is 8.54. The Morgan fingerprint density at radius 2 is 2.12 bits per heavy atom. The van der Waals surface area contributed by atoms with Gasteiger partial charge in [0.2, 0.25) is 0 Å². The van der Waals surface area contributed by atoms with Crippen LogP contribution in [-0.4, -0.2) is 47.7 Å². The molecule has 24 heavy (non-hydrogen) atoms. The van der Waals surface area contributed by atoms with Crippen LogP contribution in [0.5, 0.6) is 11.5 Å². The van der Waals surface area contributed by atoms with Crippen molar-refractivity contribution in [2.24, 2.45) is 0 Å². The minimum Gasteiger partial charge on any atom is -0.493 e. The molecule has 1 aliphatic rings. The number of hydrogen-bond acceptors (Lipinski definition) is 5. The van der Waals surface area contributed by atoms with Crippen LogP contribution in [0.1, 0.15) is 32.6 Å². The first-order valence-corrected chi connectivity index (χ1v) is 8.92. The molecular weight excluding hydrogens is 326 g/mol. The number of hydrogen-bond donors (Lipinski definition) is 0. The van der Waals surface area contributed by atoms with Gasteiger partial charge in [-0.25, -0.2) is 9.97 Å². The van der Waals surface area contributed by atoms with E-state index in [4.69, 9.17) is 21.1 Å². The fraction of sp³-hybridized carbons (Fsp3) is 0.556. The summed E-state index contributed by atoms with van der Waals surface area (Å²) in [5, 5.41) is 1.19. The summed E-state index contributed by atoms with van der Waals surface area (Å²) < 4.78 is 11.4. The standard InChI is InChI=1S/C18H24ClN3O2/c1-13-6-3-4-7-22(13)8-5-9-24-17-11-15-14(10-16(17)23-2)18(19)21-12-20-15/h10-13H,3-9H2,1-2H3. The summed E-state index contributed by atoms with van der Waals surface area (Å²) in [6.07, 6.45) is 6.42. The Morgan fingerprint density at radius 3 is 2.92 bits per heavy atom. The molecular formula is C18H24ClN3O2. The van der Waals surface area contributed by atoms with E-state index >= 15 is 0 Å². The average Bonchev–Trinajstić information content (AvgIpc) is 2.60. The highest BCUT2D eigenvalue weighted by Crippen LogP contribution is 2.33. The molecule has 130 valence electrons. The molecule has 1 aliphatic heterocycles. The number of likely N-dealkylation sites (tertiary alicyclic amines) is 1. The summed E-state index contributed by atoms with van der Waals surface area (Å²) in [6, 6.07) is 4.39. The highest BCUT2D eigenvalue weighted by Gasteiger charge is 2.17. The minimum atomic E-state index is 0.420. The predicted molar refractivity (Wildman–Crippen MR) is 96.1 cm³/mol. The number of piperidine rings is 1. The lowest BCUT2D eigenvalue weighted by Gasteiger charge is -2.33. The molecule has 2 heterocycles. The second kappa shape index (κ2) is 7.99. The van der Waals surface area contributed by atoms with E-state index in [2.05, 4.69) is 21.8 Å². The van der Waals surface area contributed by atoms with Crippen molar-refractivity contribution in [3.05, 3.63) is 23.6 Å². The van der Waals surface area contributed by atoms with Gasteiger partial charge in [0, 0.05) is 24.0 Å². The van der Waals surface area contributed by atoms with Crippen molar-refractivity contribution in [3.63, 3.8) is 0 Å². The van der Waals surface area contributed by atoms with Crippen molar-refractivity contribution in [2.75, 3.05) is 26.8 Å². The van der Waals surface area contributed by atoms with Gasteiger partial charge >= 0.3 is 0 Å². The summed E-state index contributed by atoms with van der Waals surface area (Å²) in [6.45, 7) is 5.25. The number of rotatable bonds is 6. The van der Waals surface area contributed by atoms with Crippen LogP contribution in [0.2, 0.25) is 5.15 Å². The number of fused-ring (bicyclic) bond motifs is 1. The third-order valence-corrected chi connectivity index (χ3v) is 4.96. The number of ether oxygens (including phenoxy) is 2. The summed E-state index contributed by atoms with van der Waals surface area (Å²) in [5.41, 5.74) is 0.760. The minimum absolute atomic E-state index is 0.420. The molecule has 2 aromatic rings. The Balaban J connectivity index is 1.62. The van der Waals surface area contributed by atoms with Gasteiger partial charge in [-0.15, -0.1) is 0 Å². The highest BCUT2D eigenvalue weighted by molar-refractivity contribution is 6.34. The molecule has 1 atom stereocenters. The summed E-state index contributed by atoms with van der Waals surface area (Å²) in [4.78, 5) is 10.8. The Bertz CT molecular complexity index is 695. The molecule has 1 aromatic heterocycles. The van der Waals surface area contributed by atoms with Crippen LogP contribution in [0, 0.1) is 0 Å². The third kappa shape index (κ3) is 3.90. The molecule has 1 saturated heterocycles. The van der Waals surface area contributed by atoms with Gasteiger partial charge in [0.05, 0.1) is 19.2 Å². The predicted octanol–water partition coefficient (Wildman–Crippen LogP) is 3.94. The molecule has 0 radical (unpaired) electrons. The number of nitrogens with zero attached hydrogens (tertiary/aromatic N) is 3. The molecule has 0 N–H and O–H groups in total. The van der Waals surface area contributed by atoms with Crippen LogP contribution in [0.25, 0.3) is 10.9 Å². The Morgan fingerprint density at radius 1 is 1.25 bits per heavy atom. The first kappa shape index (κ1) is 17.2. The largest absolute Gasteiger partial charge is 0.493 e. The second-order valence-electron chi connectivity index (χ2n) is 6.27. The Labute approximate surface area is 147 Å². The molecule has 0 aliphatic carbocycles. The van der Waals surface area contributed by atoms with E-state index in [-0.39, 0.29) is 0 Å². The monoisotopic (exact) mass is 349 g/mol. The van der Waals surface area contributed by atoms with Crippen LogP contribution < -0.4 is 9.47 Å². The van der Waals surface area contributed by atoms with Crippen LogP contribution in [0.3, 0.4) is 0 Å². The van der Waals surface area contributed by atoms with Gasteiger partial charge < -0.3 is 14.4 Å². The van der Waals surface area contributed by atoms with Gasteiger partial charge in [0.1, 0.15) is 11.5 Å². The van der Waals surface area contributed by atoms with Crippen LogP contribution in [0.4, 0.5) is 0 Å². The van der Waals surface area contributed by atoms with Crippen molar-refractivity contribution in [1.29, 1.82) is 0 Å². The van der Waals surface area contributed by atoms with E-state index in [0.29, 0.717) is 29.3 Å². The Hall–Kier alpha value is -1.59. The highest BCUT2D eigenvalue weighted by atomic mass is 35.5. The molecule has 0 amide bonds. The number of benzene rings is 1. The molecule has 0 bridgehead atoms. The van der Waals surface area contributed by atoms with E-state index in [1.807, 2.05) is 12.1 Å². The lowest BCUT2D eigenvalue weighted by atomic mass is 10.0. The average molecular weight is 350 g/mol. The van der Waals surface area contributed by atoms with Gasteiger partial charge in [-0.3, -0.25) is 0 Å². The number of methoxy groups -OCH3 is 1. The van der Waals surface area contributed by atoms with Crippen LogP contribution in [-0.2, 0) is 0 Å². The normalized spacial score (nSPS) is 18.7. The topological polar surface area (TPSA) is 47.5 Å². The molecule has 1 aromatic carbocycles. The van der Waals surface area contributed by atoms with Crippen molar-refractivity contribution < 1.29 is 9.47 Å². The van der Waals surface area contributed by atoms with Crippen molar-refractivity contribution in [2.45, 2.75) is 38.6 Å². The molecule has 6 heteroatoms. The van der Waals surface area contributed by atoms with Crippen LogP contribution in [0.15, 0.2) is 18.5 Å². The van der Waals surface area contributed by atoms with Gasteiger partial charge in [0.25, 0.3) is 0 Å². The van der Waals surface area contributed by atoms with Gasteiger partial charge in [-0.05, 0) is 38.8 Å². The smallest absolute Gasteiger partial charge is 0.163 e. The lowest BCUT2D eigenvalue weighted by Crippen LogP contribution is -2.38. The third-order valence-electron chi connectivity index (χ3n) is 4.66. The maximum absolute atomic E-state index is 6.11. The molecule has 1 unspecified atom stereocenters. The fourth-order valence-corrected chi connectivity index (χ4v) is 3.44. The van der Waals surface area contributed by atoms with E-state index < -0.39 is 0 Å². The van der Waals surface area contributed by atoms with Gasteiger partial charge in [-0.2, -0.15) is 0 Å². The van der Waals surface area contributed by atoms with Crippen LogP contribution >= 0.6 is 11.6 Å². The maximum atomic E-state index is 6.11. The lowest BCUT2D eigenvalue weighted by molar-refractivity contribution is 0.148. The fourth-order valence-electron chi connectivity index (χ4n) is 3.24. The van der Waals surface area contributed by atoms with Crippen molar-refractivity contribution >= 4 is 22.5 Å². The molecule has 0 saturated carbocycles. The first-order chi connectivity index (χ1) is 11.7. The van der Waals surface area contributed by atoms with E-state index in [1.165, 1.54) is 32.1 Å². The molecule has 1 fully saturated rings. The number of halogens is 1. The van der Waals surface area contributed by atoms with Crippen molar-refractivity contribution in [3.8, 4) is 11.5 Å². The molecule has 5 nitrogen and oxygen atoms in total. The quantitative estimate of drug-likeness (QED) is 0.584. The zero-order valence-electron chi connectivity index (χ0n) is 14.3. The van der Waals surface area contributed by atoms with E-state index in [0.717, 1.165) is 23.9 Å². The molecule has 3 rings (SSSR count). The van der Waals surface area contributed by atoms with Gasteiger partial charge in [-0.1, -0.05) is 18.0 Å².